The molecule has 6 heteroatoms. The average molecular weight is 310 g/mol. The molecule has 1 aliphatic rings. The van der Waals surface area contributed by atoms with Gasteiger partial charge in [-0.1, -0.05) is 12.1 Å². The normalized spacial score (nSPS) is 17.8. The highest BCUT2D eigenvalue weighted by atomic mass is 32.2. The largest absolute Gasteiger partial charge is 0.330 e. The van der Waals surface area contributed by atoms with Crippen molar-refractivity contribution in [2.45, 2.75) is 31.1 Å². The third-order valence-corrected chi connectivity index (χ3v) is 5.92. The Balaban J connectivity index is 2.16. The summed E-state index contributed by atoms with van der Waals surface area (Å²) in [5, 5.41) is 0. The summed E-state index contributed by atoms with van der Waals surface area (Å²) in [6.07, 6.45) is 2.65. The lowest BCUT2D eigenvalue weighted by Crippen LogP contribution is -2.38. The van der Waals surface area contributed by atoms with Crippen LogP contribution in [0.5, 0.6) is 0 Å². The van der Waals surface area contributed by atoms with Gasteiger partial charge in [-0.25, -0.2) is 8.42 Å². The molecule has 0 aromatic heterocycles. The summed E-state index contributed by atoms with van der Waals surface area (Å²) in [7, 11) is -3.51. The SMILES string of the molecule is CC(=O)c1cccc(S(=O)(=O)N2CCC(CCN)CC2)c1. The fourth-order valence-corrected chi connectivity index (χ4v) is 4.21. The van der Waals surface area contributed by atoms with Gasteiger partial charge in [0.05, 0.1) is 4.90 Å². The van der Waals surface area contributed by atoms with Crippen LogP contribution in [-0.4, -0.2) is 38.1 Å². The first-order chi connectivity index (χ1) is 9.95. The van der Waals surface area contributed by atoms with Crippen molar-refractivity contribution in [2.75, 3.05) is 19.6 Å². The van der Waals surface area contributed by atoms with Crippen LogP contribution in [-0.2, 0) is 10.0 Å². The van der Waals surface area contributed by atoms with Gasteiger partial charge in [-0.3, -0.25) is 4.79 Å². The molecule has 1 aromatic rings. The minimum atomic E-state index is -3.51. The van der Waals surface area contributed by atoms with Gasteiger partial charge in [0, 0.05) is 18.7 Å². The fourth-order valence-electron chi connectivity index (χ4n) is 2.70. The predicted octanol–water partition coefficient (Wildman–Crippen LogP) is 1.64. The van der Waals surface area contributed by atoms with E-state index in [-0.39, 0.29) is 10.7 Å². The predicted molar refractivity (Wildman–Crippen MR) is 81.6 cm³/mol. The highest BCUT2D eigenvalue weighted by Gasteiger charge is 2.29. The Morgan fingerprint density at radius 3 is 2.57 bits per heavy atom. The highest BCUT2D eigenvalue weighted by Crippen LogP contribution is 2.25. The maximum Gasteiger partial charge on any atom is 0.243 e. The van der Waals surface area contributed by atoms with Crippen molar-refractivity contribution >= 4 is 15.8 Å². The van der Waals surface area contributed by atoms with Crippen molar-refractivity contribution in [2.24, 2.45) is 11.7 Å². The molecular formula is C15H22N2O3S. The maximum atomic E-state index is 12.6. The van der Waals surface area contributed by atoms with Crippen molar-refractivity contribution in [3.05, 3.63) is 29.8 Å². The van der Waals surface area contributed by atoms with Crippen LogP contribution in [0.4, 0.5) is 0 Å². The van der Waals surface area contributed by atoms with Crippen molar-refractivity contribution in [1.82, 2.24) is 4.31 Å². The van der Waals surface area contributed by atoms with Crippen LogP contribution in [0.3, 0.4) is 0 Å². The first-order valence-electron chi connectivity index (χ1n) is 7.26. The van der Waals surface area contributed by atoms with Gasteiger partial charge in [0.15, 0.2) is 5.78 Å². The van der Waals surface area contributed by atoms with Gasteiger partial charge in [-0.15, -0.1) is 0 Å². The number of carbonyl (C=O) groups is 1. The van der Waals surface area contributed by atoms with E-state index in [1.807, 2.05) is 0 Å². The molecule has 0 atom stereocenters. The van der Waals surface area contributed by atoms with Crippen molar-refractivity contribution in [3.8, 4) is 0 Å². The zero-order valence-electron chi connectivity index (χ0n) is 12.3. The zero-order valence-corrected chi connectivity index (χ0v) is 13.1. The Morgan fingerprint density at radius 1 is 1.33 bits per heavy atom. The monoisotopic (exact) mass is 310 g/mol. The molecule has 1 fully saturated rings. The second-order valence-corrected chi connectivity index (χ2v) is 7.45. The lowest BCUT2D eigenvalue weighted by Gasteiger charge is -2.31. The summed E-state index contributed by atoms with van der Waals surface area (Å²) in [5.74, 6) is 0.388. The second-order valence-electron chi connectivity index (χ2n) is 5.51. The first kappa shape index (κ1) is 16.1. The van der Waals surface area contributed by atoms with Gasteiger partial charge in [0.1, 0.15) is 0 Å². The van der Waals surface area contributed by atoms with Crippen LogP contribution in [0.25, 0.3) is 0 Å². The number of ketones is 1. The Bertz CT molecular complexity index is 605. The Hall–Kier alpha value is -1.24. The maximum absolute atomic E-state index is 12.6. The molecule has 0 aliphatic carbocycles. The number of rotatable bonds is 5. The molecule has 0 unspecified atom stereocenters. The molecule has 21 heavy (non-hydrogen) atoms. The van der Waals surface area contributed by atoms with Crippen LogP contribution >= 0.6 is 0 Å². The number of nitrogens with two attached hydrogens (primary N) is 1. The average Bonchev–Trinajstić information content (AvgIpc) is 2.48. The summed E-state index contributed by atoms with van der Waals surface area (Å²) in [4.78, 5) is 11.6. The molecule has 1 saturated heterocycles. The number of hydrogen-bond donors (Lipinski definition) is 1. The van der Waals surface area contributed by atoms with Crippen LogP contribution in [0, 0.1) is 5.92 Å². The summed E-state index contributed by atoms with van der Waals surface area (Å²) < 4.78 is 26.7. The van der Waals surface area contributed by atoms with E-state index in [2.05, 4.69) is 0 Å². The van der Waals surface area contributed by atoms with Gasteiger partial charge >= 0.3 is 0 Å². The zero-order chi connectivity index (χ0) is 15.5. The van der Waals surface area contributed by atoms with Crippen molar-refractivity contribution < 1.29 is 13.2 Å². The molecular weight excluding hydrogens is 288 g/mol. The van der Waals surface area contributed by atoms with Gasteiger partial charge in [0.2, 0.25) is 10.0 Å². The number of carbonyl (C=O) groups excluding carboxylic acids is 1. The van der Waals surface area contributed by atoms with Crippen molar-refractivity contribution in [1.29, 1.82) is 0 Å². The topological polar surface area (TPSA) is 80.5 Å². The minimum Gasteiger partial charge on any atom is -0.330 e. The van der Waals surface area contributed by atoms with E-state index in [4.69, 9.17) is 5.73 Å². The van der Waals surface area contributed by atoms with Crippen molar-refractivity contribution in [3.63, 3.8) is 0 Å². The molecule has 0 radical (unpaired) electrons. The number of hydrogen-bond acceptors (Lipinski definition) is 4. The van der Waals surface area contributed by atoms with E-state index in [1.165, 1.54) is 17.3 Å². The van der Waals surface area contributed by atoms with E-state index in [0.29, 0.717) is 31.1 Å². The van der Waals surface area contributed by atoms with E-state index >= 15 is 0 Å². The molecule has 2 N–H and O–H groups in total. The Kier molecular flexibility index (Phi) is 5.13. The van der Waals surface area contributed by atoms with Gasteiger partial charge in [-0.2, -0.15) is 4.31 Å². The molecule has 1 heterocycles. The second kappa shape index (κ2) is 6.68. The number of sulfonamides is 1. The van der Waals surface area contributed by atoms with Gasteiger partial charge in [-0.05, 0) is 50.8 Å². The van der Waals surface area contributed by atoms with Crippen LogP contribution in [0.1, 0.15) is 36.5 Å². The Labute approximate surface area is 126 Å². The summed E-state index contributed by atoms with van der Waals surface area (Å²) >= 11 is 0. The number of piperidine rings is 1. The van der Waals surface area contributed by atoms with Gasteiger partial charge in [0.25, 0.3) is 0 Å². The molecule has 5 nitrogen and oxygen atoms in total. The molecule has 0 bridgehead atoms. The fraction of sp³-hybridized carbons (Fsp3) is 0.533. The third-order valence-electron chi connectivity index (χ3n) is 4.03. The first-order valence-corrected chi connectivity index (χ1v) is 8.70. The standard InChI is InChI=1S/C15H22N2O3S/c1-12(18)14-3-2-4-15(11-14)21(19,20)17-9-6-13(5-8-16)7-10-17/h2-4,11,13H,5-10,16H2,1H3. The molecule has 1 aromatic carbocycles. The molecule has 2 rings (SSSR count). The molecule has 0 saturated carbocycles. The summed E-state index contributed by atoms with van der Waals surface area (Å²) in [5.41, 5.74) is 5.98. The number of nitrogens with zero attached hydrogens (tertiary/aromatic N) is 1. The van der Waals surface area contributed by atoms with E-state index in [1.54, 1.807) is 18.2 Å². The quantitative estimate of drug-likeness (QED) is 0.838. The third kappa shape index (κ3) is 3.70. The molecule has 0 spiro atoms. The molecule has 1 aliphatic heterocycles. The molecule has 0 amide bonds. The van der Waals surface area contributed by atoms with Crippen LogP contribution in [0.2, 0.25) is 0 Å². The molecule has 116 valence electrons. The number of benzene rings is 1. The summed E-state index contributed by atoms with van der Waals surface area (Å²) in [6.45, 7) is 3.14. The van der Waals surface area contributed by atoms with E-state index in [9.17, 15) is 13.2 Å². The smallest absolute Gasteiger partial charge is 0.243 e. The summed E-state index contributed by atoms with van der Waals surface area (Å²) in [6, 6.07) is 6.26. The Morgan fingerprint density at radius 2 is 2.00 bits per heavy atom. The van der Waals surface area contributed by atoms with E-state index < -0.39 is 10.0 Å². The number of Topliss-reactive ketones (excluding diaryl/α,β-unsaturated/α-hetero) is 1. The lowest BCUT2D eigenvalue weighted by molar-refractivity contribution is 0.101. The van der Waals surface area contributed by atoms with Gasteiger partial charge < -0.3 is 5.73 Å². The van der Waals surface area contributed by atoms with Crippen LogP contribution in [0.15, 0.2) is 29.2 Å². The van der Waals surface area contributed by atoms with E-state index in [0.717, 1.165) is 19.3 Å². The van der Waals surface area contributed by atoms with Crippen LogP contribution < -0.4 is 5.73 Å². The highest BCUT2D eigenvalue weighted by molar-refractivity contribution is 7.89. The minimum absolute atomic E-state index is 0.131. The lowest BCUT2D eigenvalue weighted by atomic mass is 9.95.